The molecule has 0 radical (unpaired) electrons. The van der Waals surface area contributed by atoms with Crippen molar-refractivity contribution in [1.82, 2.24) is 0 Å². The Balaban J connectivity index is 2.13. The minimum Gasteiger partial charge on any atom is -0.299 e. The molecule has 0 saturated carbocycles. The Morgan fingerprint density at radius 2 is 1.58 bits per heavy atom. The zero-order chi connectivity index (χ0) is 13.7. The van der Waals surface area contributed by atoms with Crippen LogP contribution in [0.15, 0.2) is 53.4 Å². The average molecular weight is 267 g/mol. The van der Waals surface area contributed by atoms with Crippen LogP contribution in [-0.2, 0) is 4.79 Å². The van der Waals surface area contributed by atoms with Gasteiger partial charge in [-0.25, -0.2) is 0 Å². The molecule has 0 unspecified atom stereocenters. The first-order valence-corrected chi connectivity index (χ1v) is 6.90. The van der Waals surface area contributed by atoms with Crippen molar-refractivity contribution >= 4 is 17.5 Å². The highest BCUT2D eigenvalue weighted by Crippen LogP contribution is 2.24. The fraction of sp³-hybridized carbons (Fsp3) is 0.125. The molecule has 0 aromatic heterocycles. The van der Waals surface area contributed by atoms with E-state index in [1.165, 1.54) is 0 Å². The lowest BCUT2D eigenvalue weighted by atomic mass is 10.0. The van der Waals surface area contributed by atoms with Gasteiger partial charge in [-0.2, -0.15) is 5.26 Å². The van der Waals surface area contributed by atoms with Crippen molar-refractivity contribution in [2.45, 2.75) is 11.8 Å². The molecule has 2 rings (SSSR count). The summed E-state index contributed by atoms with van der Waals surface area (Å²) in [6.45, 7) is 1.60. The van der Waals surface area contributed by atoms with Crippen LogP contribution in [0.5, 0.6) is 0 Å². The number of benzene rings is 2. The number of hydrogen-bond acceptors (Lipinski definition) is 3. The molecular weight excluding hydrogens is 254 g/mol. The van der Waals surface area contributed by atoms with Crippen molar-refractivity contribution in [3.05, 3.63) is 54.1 Å². The lowest BCUT2D eigenvalue weighted by Gasteiger charge is -2.04. The lowest BCUT2D eigenvalue weighted by molar-refractivity contribution is -0.114. The van der Waals surface area contributed by atoms with E-state index in [0.29, 0.717) is 11.3 Å². The molecule has 2 aromatic rings. The summed E-state index contributed by atoms with van der Waals surface area (Å²) in [6.07, 6.45) is 0. The van der Waals surface area contributed by atoms with Crippen molar-refractivity contribution in [3.8, 4) is 17.2 Å². The van der Waals surface area contributed by atoms with Gasteiger partial charge >= 0.3 is 0 Å². The molecule has 19 heavy (non-hydrogen) atoms. The normalized spacial score (nSPS) is 9.89. The summed E-state index contributed by atoms with van der Waals surface area (Å²) in [7, 11) is 0. The fourth-order valence-electron chi connectivity index (χ4n) is 1.67. The van der Waals surface area contributed by atoms with Gasteiger partial charge in [0.2, 0.25) is 0 Å². The zero-order valence-corrected chi connectivity index (χ0v) is 11.4. The molecule has 3 heteroatoms. The van der Waals surface area contributed by atoms with Gasteiger partial charge in [-0.15, -0.1) is 11.8 Å². The van der Waals surface area contributed by atoms with Gasteiger partial charge in [0.1, 0.15) is 5.78 Å². The van der Waals surface area contributed by atoms with Gasteiger partial charge in [0, 0.05) is 4.90 Å². The lowest BCUT2D eigenvalue weighted by Crippen LogP contribution is -1.92. The molecule has 0 spiro atoms. The molecule has 0 aliphatic rings. The summed E-state index contributed by atoms with van der Waals surface area (Å²) < 4.78 is 0. The molecule has 0 aliphatic heterocycles. The summed E-state index contributed by atoms with van der Waals surface area (Å²) in [4.78, 5) is 12.0. The van der Waals surface area contributed by atoms with Crippen LogP contribution in [0, 0.1) is 11.3 Å². The van der Waals surface area contributed by atoms with Crippen molar-refractivity contribution in [1.29, 1.82) is 5.26 Å². The monoisotopic (exact) mass is 267 g/mol. The SMILES string of the molecule is CC(=O)CSc1ccc(-c2ccc(C#N)cc2)cc1. The highest BCUT2D eigenvalue weighted by molar-refractivity contribution is 8.00. The number of hydrogen-bond donors (Lipinski definition) is 0. The van der Waals surface area contributed by atoms with Crippen LogP contribution >= 0.6 is 11.8 Å². The summed E-state index contributed by atoms with van der Waals surface area (Å²) in [5, 5.41) is 8.76. The standard InChI is InChI=1S/C16H13NOS/c1-12(18)11-19-16-8-6-15(7-9-16)14-4-2-13(10-17)3-5-14/h2-9H,11H2,1H3. The molecule has 0 amide bonds. The predicted octanol–water partition coefficient (Wildman–Crippen LogP) is 3.91. The van der Waals surface area contributed by atoms with Gasteiger partial charge in [0.25, 0.3) is 0 Å². The molecule has 0 bridgehead atoms. The number of Topliss-reactive ketones (excluding diaryl/α,β-unsaturated/α-hetero) is 1. The van der Waals surface area contributed by atoms with E-state index in [1.807, 2.05) is 48.5 Å². The highest BCUT2D eigenvalue weighted by atomic mass is 32.2. The summed E-state index contributed by atoms with van der Waals surface area (Å²) >= 11 is 1.55. The molecule has 0 N–H and O–H groups in total. The van der Waals surface area contributed by atoms with Crippen molar-refractivity contribution < 1.29 is 4.79 Å². The maximum atomic E-state index is 10.9. The molecule has 0 atom stereocenters. The summed E-state index contributed by atoms with van der Waals surface area (Å²) in [5.41, 5.74) is 2.86. The minimum atomic E-state index is 0.182. The second-order valence-corrected chi connectivity index (χ2v) is 5.25. The van der Waals surface area contributed by atoms with E-state index in [2.05, 4.69) is 6.07 Å². The fourth-order valence-corrected chi connectivity index (χ4v) is 2.36. The molecule has 2 aromatic carbocycles. The number of rotatable bonds is 4. The van der Waals surface area contributed by atoms with Crippen LogP contribution < -0.4 is 0 Å². The van der Waals surface area contributed by atoms with E-state index < -0.39 is 0 Å². The van der Waals surface area contributed by atoms with Gasteiger partial charge in [0.15, 0.2) is 0 Å². The molecule has 0 fully saturated rings. The van der Waals surface area contributed by atoms with Crippen LogP contribution in [0.2, 0.25) is 0 Å². The van der Waals surface area contributed by atoms with E-state index >= 15 is 0 Å². The quantitative estimate of drug-likeness (QED) is 0.789. The Morgan fingerprint density at radius 1 is 1.05 bits per heavy atom. The van der Waals surface area contributed by atoms with E-state index in [-0.39, 0.29) is 5.78 Å². The smallest absolute Gasteiger partial charge is 0.140 e. The third-order valence-electron chi connectivity index (χ3n) is 2.64. The van der Waals surface area contributed by atoms with Crippen molar-refractivity contribution in [2.75, 3.05) is 5.75 Å². The van der Waals surface area contributed by atoms with Crippen LogP contribution in [0.3, 0.4) is 0 Å². The molecule has 0 saturated heterocycles. The van der Waals surface area contributed by atoms with E-state index in [9.17, 15) is 4.79 Å². The van der Waals surface area contributed by atoms with E-state index in [1.54, 1.807) is 18.7 Å². The van der Waals surface area contributed by atoms with Gasteiger partial charge in [-0.05, 0) is 42.3 Å². The second-order valence-electron chi connectivity index (χ2n) is 4.20. The molecule has 0 aliphatic carbocycles. The first kappa shape index (κ1) is 13.4. The zero-order valence-electron chi connectivity index (χ0n) is 10.6. The van der Waals surface area contributed by atoms with Crippen LogP contribution in [-0.4, -0.2) is 11.5 Å². The van der Waals surface area contributed by atoms with Gasteiger partial charge in [-0.1, -0.05) is 24.3 Å². The van der Waals surface area contributed by atoms with Gasteiger partial charge < -0.3 is 0 Å². The number of thioether (sulfide) groups is 1. The predicted molar refractivity (Wildman–Crippen MR) is 78.0 cm³/mol. The number of carbonyl (C=O) groups is 1. The first-order valence-electron chi connectivity index (χ1n) is 5.92. The Morgan fingerprint density at radius 3 is 2.05 bits per heavy atom. The van der Waals surface area contributed by atoms with E-state index in [4.69, 9.17) is 5.26 Å². The second kappa shape index (κ2) is 6.21. The summed E-state index contributed by atoms with van der Waals surface area (Å²) in [5.74, 6) is 0.692. The third-order valence-corrected chi connectivity index (χ3v) is 3.80. The minimum absolute atomic E-state index is 0.182. The molecule has 94 valence electrons. The van der Waals surface area contributed by atoms with Crippen LogP contribution in [0.4, 0.5) is 0 Å². The Hall–Kier alpha value is -2.05. The van der Waals surface area contributed by atoms with Crippen molar-refractivity contribution in [2.24, 2.45) is 0 Å². The first-order chi connectivity index (χ1) is 9.19. The van der Waals surface area contributed by atoms with Crippen LogP contribution in [0.25, 0.3) is 11.1 Å². The molecular formula is C16H13NOS. The highest BCUT2D eigenvalue weighted by Gasteiger charge is 2.00. The Labute approximate surface area is 117 Å². The average Bonchev–Trinajstić information content (AvgIpc) is 2.46. The van der Waals surface area contributed by atoms with E-state index in [0.717, 1.165) is 16.0 Å². The molecule has 2 nitrogen and oxygen atoms in total. The van der Waals surface area contributed by atoms with Gasteiger partial charge in [0.05, 0.1) is 17.4 Å². The number of nitriles is 1. The van der Waals surface area contributed by atoms with Crippen molar-refractivity contribution in [3.63, 3.8) is 0 Å². The number of ketones is 1. The van der Waals surface area contributed by atoms with Crippen LogP contribution in [0.1, 0.15) is 12.5 Å². The van der Waals surface area contributed by atoms with Gasteiger partial charge in [-0.3, -0.25) is 4.79 Å². The summed E-state index contributed by atoms with van der Waals surface area (Å²) in [6, 6.07) is 17.7. The Bertz CT molecular complexity index is 609. The largest absolute Gasteiger partial charge is 0.299 e. The topological polar surface area (TPSA) is 40.9 Å². The third kappa shape index (κ3) is 3.70. The maximum absolute atomic E-state index is 10.9. The number of carbonyl (C=O) groups excluding carboxylic acids is 1. The molecule has 0 heterocycles. The Kier molecular flexibility index (Phi) is 4.38. The number of nitrogens with zero attached hydrogens (tertiary/aromatic N) is 1. The maximum Gasteiger partial charge on any atom is 0.140 e.